The van der Waals surface area contributed by atoms with E-state index in [-0.39, 0.29) is 5.88 Å². The van der Waals surface area contributed by atoms with Crippen molar-refractivity contribution in [3.8, 4) is 0 Å². The summed E-state index contributed by atoms with van der Waals surface area (Å²) in [5, 5.41) is 3.57. The minimum atomic E-state index is -4.04. The molecule has 1 heterocycles. The van der Waals surface area contributed by atoms with Crippen LogP contribution in [-0.2, 0) is 10.0 Å². The minimum absolute atomic E-state index is 0.0873. The van der Waals surface area contributed by atoms with Crippen molar-refractivity contribution in [2.45, 2.75) is 11.8 Å². The van der Waals surface area contributed by atoms with Crippen LogP contribution in [0.5, 0.6) is 0 Å². The van der Waals surface area contributed by atoms with E-state index < -0.39 is 20.7 Å². The quantitative estimate of drug-likeness (QED) is 0.936. The van der Waals surface area contributed by atoms with Gasteiger partial charge in [0, 0.05) is 0 Å². The fraction of sp³-hybridized carbons (Fsp3) is 0.100. The molecule has 2 aromatic rings. The summed E-state index contributed by atoms with van der Waals surface area (Å²) >= 11 is 3.12. The molecule has 0 aliphatic rings. The molecule has 0 unspecified atom stereocenters. The third-order valence-corrected chi connectivity index (χ3v) is 4.44. The molecule has 5 nitrogen and oxygen atoms in total. The van der Waals surface area contributed by atoms with Crippen LogP contribution in [0.15, 0.2) is 38.2 Å². The average molecular weight is 335 g/mol. The molecular formula is C10H8BrFN2O3S. The topological polar surface area (TPSA) is 72.2 Å². The first-order chi connectivity index (χ1) is 8.42. The molecule has 18 heavy (non-hydrogen) atoms. The molecule has 0 atom stereocenters. The number of sulfonamides is 1. The lowest BCUT2D eigenvalue weighted by Crippen LogP contribution is -2.14. The van der Waals surface area contributed by atoms with Crippen molar-refractivity contribution in [2.24, 2.45) is 0 Å². The second-order valence-corrected chi connectivity index (χ2v) is 5.89. The molecule has 1 aromatic carbocycles. The molecule has 96 valence electrons. The number of benzene rings is 1. The molecule has 2 rings (SSSR count). The first kappa shape index (κ1) is 13.0. The molecule has 0 aliphatic heterocycles. The predicted molar refractivity (Wildman–Crippen MR) is 66.1 cm³/mol. The van der Waals surface area contributed by atoms with Gasteiger partial charge in [-0.2, -0.15) is 0 Å². The van der Waals surface area contributed by atoms with E-state index >= 15 is 0 Å². The van der Waals surface area contributed by atoms with Crippen molar-refractivity contribution in [1.82, 2.24) is 5.16 Å². The molecule has 0 saturated heterocycles. The molecular weight excluding hydrogens is 327 g/mol. The van der Waals surface area contributed by atoms with Gasteiger partial charge >= 0.3 is 0 Å². The lowest BCUT2D eigenvalue weighted by Gasteiger charge is -2.05. The zero-order chi connectivity index (χ0) is 13.3. The summed E-state index contributed by atoms with van der Waals surface area (Å²) in [6, 6.07) is 5.06. The van der Waals surface area contributed by atoms with Crippen molar-refractivity contribution < 1.29 is 17.3 Å². The Labute approximate surface area is 111 Å². The van der Waals surface area contributed by atoms with Crippen LogP contribution in [0.1, 0.15) is 5.69 Å². The van der Waals surface area contributed by atoms with Gasteiger partial charge in [-0.15, -0.1) is 0 Å². The van der Waals surface area contributed by atoms with E-state index in [2.05, 4.69) is 25.8 Å². The lowest BCUT2D eigenvalue weighted by atomic mass is 10.4. The Hall–Kier alpha value is -1.41. The summed E-state index contributed by atoms with van der Waals surface area (Å²) in [6.45, 7) is 1.63. The van der Waals surface area contributed by atoms with Gasteiger partial charge in [-0.1, -0.05) is 17.3 Å². The zero-order valence-corrected chi connectivity index (χ0v) is 11.5. The van der Waals surface area contributed by atoms with Crippen molar-refractivity contribution in [1.29, 1.82) is 0 Å². The Kier molecular flexibility index (Phi) is 3.40. The standard InChI is InChI=1S/C10H8BrFN2O3S/c1-6-9(11)10(17-13-6)14-18(15,16)8-5-3-2-4-7(8)12/h2-5,14H,1H3. The van der Waals surface area contributed by atoms with Gasteiger partial charge in [0.2, 0.25) is 0 Å². The van der Waals surface area contributed by atoms with Crippen LogP contribution in [0.4, 0.5) is 10.3 Å². The fourth-order valence-corrected chi connectivity index (χ4v) is 2.71. The fourth-order valence-electron chi connectivity index (χ4n) is 1.26. The molecule has 0 bridgehead atoms. The van der Waals surface area contributed by atoms with Crippen molar-refractivity contribution in [3.05, 3.63) is 40.2 Å². The van der Waals surface area contributed by atoms with E-state index in [1.165, 1.54) is 12.1 Å². The molecule has 0 amide bonds. The minimum Gasteiger partial charge on any atom is -0.336 e. The van der Waals surface area contributed by atoms with Gasteiger partial charge in [0.25, 0.3) is 15.9 Å². The van der Waals surface area contributed by atoms with Crippen molar-refractivity contribution >= 4 is 31.8 Å². The molecule has 0 spiro atoms. The van der Waals surface area contributed by atoms with E-state index in [9.17, 15) is 12.8 Å². The number of nitrogens with zero attached hydrogens (tertiary/aromatic N) is 1. The monoisotopic (exact) mass is 334 g/mol. The zero-order valence-electron chi connectivity index (χ0n) is 9.15. The normalized spacial score (nSPS) is 11.5. The summed E-state index contributed by atoms with van der Waals surface area (Å²) in [5.41, 5.74) is 0.487. The highest BCUT2D eigenvalue weighted by molar-refractivity contribution is 9.10. The summed E-state index contributed by atoms with van der Waals surface area (Å²) in [6.07, 6.45) is 0. The smallest absolute Gasteiger partial charge is 0.267 e. The predicted octanol–water partition coefficient (Wildman–Crippen LogP) is 2.69. The number of anilines is 1. The highest BCUT2D eigenvalue weighted by atomic mass is 79.9. The SMILES string of the molecule is Cc1noc(NS(=O)(=O)c2ccccc2F)c1Br. The van der Waals surface area contributed by atoms with Gasteiger partial charge in [-0.3, -0.25) is 0 Å². The first-order valence-electron chi connectivity index (χ1n) is 4.81. The van der Waals surface area contributed by atoms with Gasteiger partial charge in [0.1, 0.15) is 15.2 Å². The van der Waals surface area contributed by atoms with Crippen LogP contribution >= 0.6 is 15.9 Å². The second-order valence-electron chi connectivity index (χ2n) is 3.45. The first-order valence-corrected chi connectivity index (χ1v) is 7.08. The Morgan fingerprint density at radius 3 is 2.61 bits per heavy atom. The Morgan fingerprint density at radius 1 is 1.39 bits per heavy atom. The number of rotatable bonds is 3. The Balaban J connectivity index is 2.40. The molecule has 0 saturated carbocycles. The van der Waals surface area contributed by atoms with E-state index in [4.69, 9.17) is 4.52 Å². The summed E-state index contributed by atoms with van der Waals surface area (Å²) in [7, 11) is -4.04. The van der Waals surface area contributed by atoms with Crippen LogP contribution in [-0.4, -0.2) is 13.6 Å². The van der Waals surface area contributed by atoms with Gasteiger partial charge < -0.3 is 4.52 Å². The maximum absolute atomic E-state index is 13.4. The number of aryl methyl sites for hydroxylation is 1. The van der Waals surface area contributed by atoms with Crippen LogP contribution in [0, 0.1) is 12.7 Å². The largest absolute Gasteiger partial charge is 0.336 e. The lowest BCUT2D eigenvalue weighted by molar-refractivity contribution is 0.430. The van der Waals surface area contributed by atoms with Crippen LogP contribution in [0.25, 0.3) is 0 Å². The second kappa shape index (κ2) is 4.69. The molecule has 0 fully saturated rings. The Bertz CT molecular complexity index is 684. The molecule has 1 aromatic heterocycles. The molecule has 0 aliphatic carbocycles. The molecule has 1 N–H and O–H groups in total. The number of hydrogen-bond donors (Lipinski definition) is 1. The van der Waals surface area contributed by atoms with E-state index in [0.29, 0.717) is 10.2 Å². The average Bonchev–Trinajstić information content (AvgIpc) is 2.61. The highest BCUT2D eigenvalue weighted by Gasteiger charge is 2.22. The summed E-state index contributed by atoms with van der Waals surface area (Å²) in [4.78, 5) is -0.453. The van der Waals surface area contributed by atoms with Crippen molar-refractivity contribution in [3.63, 3.8) is 0 Å². The van der Waals surface area contributed by atoms with Gasteiger partial charge in [-0.05, 0) is 35.0 Å². The van der Waals surface area contributed by atoms with E-state index in [1.807, 2.05) is 0 Å². The number of hydrogen-bond acceptors (Lipinski definition) is 4. The summed E-state index contributed by atoms with van der Waals surface area (Å²) in [5.74, 6) is -0.923. The summed E-state index contributed by atoms with van der Waals surface area (Å²) < 4.78 is 44.5. The van der Waals surface area contributed by atoms with E-state index in [0.717, 1.165) is 12.1 Å². The number of nitrogens with one attached hydrogen (secondary N) is 1. The van der Waals surface area contributed by atoms with Gasteiger partial charge in [-0.25, -0.2) is 17.5 Å². The van der Waals surface area contributed by atoms with E-state index in [1.54, 1.807) is 6.92 Å². The third kappa shape index (κ3) is 2.39. The molecule has 8 heteroatoms. The number of aromatic nitrogens is 1. The number of halogens is 2. The van der Waals surface area contributed by atoms with Crippen LogP contribution in [0.3, 0.4) is 0 Å². The third-order valence-electron chi connectivity index (χ3n) is 2.14. The van der Waals surface area contributed by atoms with Crippen molar-refractivity contribution in [2.75, 3.05) is 4.72 Å². The van der Waals surface area contributed by atoms with Crippen LogP contribution < -0.4 is 4.72 Å². The molecule has 0 radical (unpaired) electrons. The maximum atomic E-state index is 13.4. The van der Waals surface area contributed by atoms with Gasteiger partial charge in [0.15, 0.2) is 0 Å². The van der Waals surface area contributed by atoms with Gasteiger partial charge in [0.05, 0.1) is 5.69 Å². The van der Waals surface area contributed by atoms with Crippen LogP contribution in [0.2, 0.25) is 0 Å². The Morgan fingerprint density at radius 2 is 2.06 bits per heavy atom. The highest BCUT2D eigenvalue weighted by Crippen LogP contribution is 2.28. The maximum Gasteiger partial charge on any atom is 0.267 e.